The fourth-order valence-electron chi connectivity index (χ4n) is 2.60. The third-order valence-electron chi connectivity index (χ3n) is 3.82. The molecule has 3 heterocycles. The van der Waals surface area contributed by atoms with Crippen LogP contribution in [0.15, 0.2) is 18.3 Å². The highest BCUT2D eigenvalue weighted by atomic mass is 16.5. The molecule has 1 atom stereocenters. The number of aryl methyl sites for hydroxylation is 1. The van der Waals surface area contributed by atoms with Gasteiger partial charge < -0.3 is 15.0 Å². The van der Waals surface area contributed by atoms with E-state index in [9.17, 15) is 4.79 Å². The Hall–Kier alpha value is -2.48. The molecule has 0 bridgehead atoms. The molecule has 0 spiro atoms. The molecule has 8 nitrogen and oxygen atoms in total. The monoisotopic (exact) mass is 316 g/mol. The van der Waals surface area contributed by atoms with E-state index in [-0.39, 0.29) is 11.9 Å². The normalized spacial score (nSPS) is 17.0. The second kappa shape index (κ2) is 6.74. The van der Waals surface area contributed by atoms with Gasteiger partial charge in [0.25, 0.3) is 5.91 Å². The standard InChI is InChI=1S/C15H20N6O2/c1-10-18-12(9-14(19-10)16-6-8-23-2)13-4-7-21(13)15(22)11-3-5-17-20-11/h3,5,9,13H,4,6-8H2,1-2H3,(H,17,20)(H,16,18,19)/t13-/m0/s1. The van der Waals surface area contributed by atoms with Crippen molar-refractivity contribution in [2.24, 2.45) is 0 Å². The van der Waals surface area contributed by atoms with Gasteiger partial charge in [0.2, 0.25) is 0 Å². The first kappa shape index (κ1) is 15.4. The molecule has 0 unspecified atom stereocenters. The zero-order valence-electron chi connectivity index (χ0n) is 13.2. The predicted molar refractivity (Wildman–Crippen MR) is 84.1 cm³/mol. The highest BCUT2D eigenvalue weighted by Gasteiger charge is 2.35. The number of H-pyrrole nitrogens is 1. The number of carbonyl (C=O) groups excluding carboxylic acids is 1. The van der Waals surface area contributed by atoms with Crippen LogP contribution in [0.25, 0.3) is 0 Å². The van der Waals surface area contributed by atoms with Gasteiger partial charge in [0.15, 0.2) is 0 Å². The summed E-state index contributed by atoms with van der Waals surface area (Å²) in [6.45, 7) is 3.85. The van der Waals surface area contributed by atoms with E-state index in [0.717, 1.165) is 24.5 Å². The SMILES string of the molecule is COCCNc1cc([C@@H]2CCN2C(=O)c2ccn[nH]2)nc(C)n1. The van der Waals surface area contributed by atoms with Gasteiger partial charge in [-0.3, -0.25) is 9.89 Å². The maximum Gasteiger partial charge on any atom is 0.272 e. The molecule has 0 radical (unpaired) electrons. The minimum absolute atomic E-state index is 0.0181. The lowest BCUT2D eigenvalue weighted by Gasteiger charge is -2.40. The molecule has 2 aromatic rings. The topological polar surface area (TPSA) is 96.0 Å². The van der Waals surface area contributed by atoms with Crippen molar-refractivity contribution in [2.75, 3.05) is 32.1 Å². The van der Waals surface area contributed by atoms with Crippen LogP contribution in [-0.2, 0) is 4.74 Å². The molecular weight excluding hydrogens is 296 g/mol. The van der Waals surface area contributed by atoms with E-state index in [1.165, 1.54) is 0 Å². The summed E-state index contributed by atoms with van der Waals surface area (Å²) in [5.74, 6) is 1.39. The molecule has 3 rings (SSSR count). The van der Waals surface area contributed by atoms with Crippen LogP contribution in [-0.4, -0.2) is 57.8 Å². The van der Waals surface area contributed by atoms with Crippen LogP contribution in [0.4, 0.5) is 5.82 Å². The summed E-state index contributed by atoms with van der Waals surface area (Å²) in [6.07, 6.45) is 2.47. The van der Waals surface area contributed by atoms with Crippen molar-refractivity contribution in [1.82, 2.24) is 25.1 Å². The maximum atomic E-state index is 12.4. The van der Waals surface area contributed by atoms with Crippen molar-refractivity contribution >= 4 is 11.7 Å². The van der Waals surface area contributed by atoms with E-state index in [1.807, 2.05) is 13.0 Å². The Morgan fingerprint density at radius 3 is 3.04 bits per heavy atom. The van der Waals surface area contributed by atoms with Crippen LogP contribution in [0, 0.1) is 6.92 Å². The van der Waals surface area contributed by atoms with Gasteiger partial charge in [-0.05, 0) is 19.4 Å². The molecule has 0 aliphatic carbocycles. The molecule has 1 fully saturated rings. The quantitative estimate of drug-likeness (QED) is 0.776. The number of anilines is 1. The number of likely N-dealkylation sites (tertiary alicyclic amines) is 1. The van der Waals surface area contributed by atoms with Gasteiger partial charge in [-0.15, -0.1) is 0 Å². The smallest absolute Gasteiger partial charge is 0.272 e. The van der Waals surface area contributed by atoms with Crippen molar-refractivity contribution in [1.29, 1.82) is 0 Å². The molecule has 1 aliphatic rings. The summed E-state index contributed by atoms with van der Waals surface area (Å²) in [4.78, 5) is 23.1. The van der Waals surface area contributed by atoms with E-state index >= 15 is 0 Å². The number of rotatable bonds is 6. The first-order chi connectivity index (χ1) is 11.2. The highest BCUT2D eigenvalue weighted by molar-refractivity contribution is 5.93. The first-order valence-electron chi connectivity index (χ1n) is 7.58. The van der Waals surface area contributed by atoms with Gasteiger partial charge in [0, 0.05) is 32.5 Å². The fourth-order valence-corrected chi connectivity index (χ4v) is 2.60. The Morgan fingerprint density at radius 1 is 1.52 bits per heavy atom. The molecular formula is C15H20N6O2. The van der Waals surface area contributed by atoms with E-state index in [1.54, 1.807) is 24.3 Å². The number of aromatic amines is 1. The Bertz CT molecular complexity index is 673. The van der Waals surface area contributed by atoms with Gasteiger partial charge in [-0.2, -0.15) is 5.10 Å². The fraction of sp³-hybridized carbons (Fsp3) is 0.467. The second-order valence-corrected chi connectivity index (χ2v) is 5.42. The number of aromatic nitrogens is 4. The van der Waals surface area contributed by atoms with Crippen LogP contribution < -0.4 is 5.32 Å². The van der Waals surface area contributed by atoms with Gasteiger partial charge in [0.05, 0.1) is 18.3 Å². The molecule has 2 aromatic heterocycles. The Kier molecular flexibility index (Phi) is 4.52. The van der Waals surface area contributed by atoms with Crippen LogP contribution in [0.2, 0.25) is 0 Å². The highest BCUT2D eigenvalue weighted by Crippen LogP contribution is 2.33. The number of ether oxygens (including phenoxy) is 1. The van der Waals surface area contributed by atoms with E-state index in [4.69, 9.17) is 4.74 Å². The van der Waals surface area contributed by atoms with Crippen LogP contribution in [0.3, 0.4) is 0 Å². The number of hydrogen-bond donors (Lipinski definition) is 2. The Labute approximate surface area is 134 Å². The van der Waals surface area contributed by atoms with Crippen LogP contribution in [0.1, 0.15) is 34.5 Å². The summed E-state index contributed by atoms with van der Waals surface area (Å²) in [6, 6.07) is 3.57. The molecule has 0 aromatic carbocycles. The van der Waals surface area contributed by atoms with Crippen LogP contribution in [0.5, 0.6) is 0 Å². The van der Waals surface area contributed by atoms with Gasteiger partial charge in [0.1, 0.15) is 17.3 Å². The van der Waals surface area contributed by atoms with Crippen molar-refractivity contribution < 1.29 is 9.53 Å². The Balaban J connectivity index is 1.74. The summed E-state index contributed by atoms with van der Waals surface area (Å²) in [5.41, 5.74) is 1.36. The van der Waals surface area contributed by atoms with Crippen LogP contribution >= 0.6 is 0 Å². The van der Waals surface area contributed by atoms with Gasteiger partial charge >= 0.3 is 0 Å². The lowest BCUT2D eigenvalue weighted by molar-refractivity contribution is 0.0444. The molecule has 0 saturated carbocycles. The number of nitrogens with one attached hydrogen (secondary N) is 2. The number of hydrogen-bond acceptors (Lipinski definition) is 6. The second-order valence-electron chi connectivity index (χ2n) is 5.42. The predicted octanol–water partition coefficient (Wildman–Crippen LogP) is 1.15. The van der Waals surface area contributed by atoms with Gasteiger partial charge in [-0.25, -0.2) is 9.97 Å². The zero-order valence-corrected chi connectivity index (χ0v) is 13.2. The lowest BCUT2D eigenvalue weighted by Crippen LogP contribution is -2.45. The lowest BCUT2D eigenvalue weighted by atomic mass is 9.98. The molecule has 1 amide bonds. The van der Waals surface area contributed by atoms with Crippen molar-refractivity contribution in [3.8, 4) is 0 Å². The molecule has 2 N–H and O–H groups in total. The van der Waals surface area contributed by atoms with Gasteiger partial charge in [-0.1, -0.05) is 0 Å². The minimum atomic E-state index is -0.0519. The van der Waals surface area contributed by atoms with E-state index < -0.39 is 0 Å². The number of nitrogens with zero attached hydrogens (tertiary/aromatic N) is 4. The average Bonchev–Trinajstić information content (AvgIpc) is 3.00. The number of carbonyl (C=O) groups is 1. The minimum Gasteiger partial charge on any atom is -0.383 e. The third-order valence-corrected chi connectivity index (χ3v) is 3.82. The third kappa shape index (κ3) is 3.31. The number of amides is 1. The Morgan fingerprint density at radius 2 is 2.39 bits per heavy atom. The molecule has 1 aliphatic heterocycles. The largest absolute Gasteiger partial charge is 0.383 e. The molecule has 8 heteroatoms. The van der Waals surface area contributed by atoms with Crippen molar-refractivity contribution in [2.45, 2.75) is 19.4 Å². The molecule has 23 heavy (non-hydrogen) atoms. The molecule has 1 saturated heterocycles. The van der Waals surface area contributed by atoms with E-state index in [0.29, 0.717) is 24.7 Å². The number of methoxy groups -OCH3 is 1. The summed E-state index contributed by atoms with van der Waals surface area (Å²) in [5, 5.41) is 9.75. The summed E-state index contributed by atoms with van der Waals surface area (Å²) in [7, 11) is 1.66. The maximum absolute atomic E-state index is 12.4. The van der Waals surface area contributed by atoms with Crippen molar-refractivity contribution in [3.05, 3.63) is 35.5 Å². The summed E-state index contributed by atoms with van der Waals surface area (Å²) < 4.78 is 5.03. The van der Waals surface area contributed by atoms with Crippen molar-refractivity contribution in [3.63, 3.8) is 0 Å². The summed E-state index contributed by atoms with van der Waals surface area (Å²) >= 11 is 0. The molecule has 122 valence electrons. The first-order valence-corrected chi connectivity index (χ1v) is 7.58. The average molecular weight is 316 g/mol. The van der Waals surface area contributed by atoms with E-state index in [2.05, 4.69) is 25.5 Å². The zero-order chi connectivity index (χ0) is 16.2.